The molecule has 4 nitrogen and oxygen atoms in total. The lowest BCUT2D eigenvalue weighted by molar-refractivity contribution is -0.159. The van der Waals surface area contributed by atoms with E-state index in [0.29, 0.717) is 23.4 Å². The third-order valence-corrected chi connectivity index (χ3v) is 3.72. The van der Waals surface area contributed by atoms with Gasteiger partial charge >= 0.3 is 5.97 Å². The number of carbonyl (C=O) groups is 2. The Balaban J connectivity index is 2.17. The second-order valence-corrected chi connectivity index (χ2v) is 6.69. The Hall–Kier alpha value is -1.49. The number of benzene rings is 1. The van der Waals surface area contributed by atoms with Crippen molar-refractivity contribution < 1.29 is 14.3 Å². The van der Waals surface area contributed by atoms with Crippen LogP contribution in [0.4, 0.5) is 0 Å². The van der Waals surface area contributed by atoms with Gasteiger partial charge in [-0.1, -0.05) is 12.1 Å². The van der Waals surface area contributed by atoms with E-state index in [1.807, 2.05) is 26.8 Å². The van der Waals surface area contributed by atoms with Crippen molar-refractivity contribution in [3.05, 3.63) is 29.8 Å². The van der Waals surface area contributed by atoms with Crippen LogP contribution in [0.25, 0.3) is 0 Å². The van der Waals surface area contributed by atoms with E-state index in [9.17, 15) is 9.59 Å². The van der Waals surface area contributed by atoms with E-state index >= 15 is 0 Å². The molecular weight excluding hydrogens is 286 g/mol. The average molecular weight is 307 g/mol. The van der Waals surface area contributed by atoms with Crippen LogP contribution < -0.4 is 0 Å². The molecule has 0 saturated carbocycles. The summed E-state index contributed by atoms with van der Waals surface area (Å²) in [5.74, 6) is -0.487. The maximum absolute atomic E-state index is 12.6. The first-order chi connectivity index (χ1) is 9.79. The number of hydrogen-bond donors (Lipinski definition) is 1. The number of nitrogens with zero attached hydrogens (tertiary/aromatic N) is 1. The monoisotopic (exact) mass is 307 g/mol. The van der Waals surface area contributed by atoms with Crippen LogP contribution in [0.2, 0.25) is 0 Å². The van der Waals surface area contributed by atoms with Gasteiger partial charge in [0.2, 0.25) is 0 Å². The van der Waals surface area contributed by atoms with Gasteiger partial charge < -0.3 is 9.64 Å². The fraction of sp³-hybridized carbons (Fsp3) is 0.500. The molecule has 0 spiro atoms. The Labute approximate surface area is 130 Å². The third-order valence-electron chi connectivity index (χ3n) is 3.33. The van der Waals surface area contributed by atoms with Crippen LogP contribution >= 0.6 is 12.6 Å². The van der Waals surface area contributed by atoms with E-state index in [1.54, 1.807) is 23.1 Å². The number of likely N-dealkylation sites (tertiary alicyclic amines) is 1. The first-order valence-electron chi connectivity index (χ1n) is 7.11. The largest absolute Gasteiger partial charge is 0.458 e. The SMILES string of the molecule is CC(C)(C)OC(=O)[C@@H]1CCCN1C(=O)c1ccccc1S. The number of esters is 1. The Morgan fingerprint density at radius 3 is 2.57 bits per heavy atom. The van der Waals surface area contributed by atoms with Gasteiger partial charge in [-0.3, -0.25) is 4.79 Å². The molecule has 2 rings (SSSR count). The molecule has 1 aliphatic heterocycles. The third kappa shape index (κ3) is 3.79. The topological polar surface area (TPSA) is 46.6 Å². The van der Waals surface area contributed by atoms with Gasteiger partial charge in [-0.2, -0.15) is 0 Å². The van der Waals surface area contributed by atoms with Crippen LogP contribution in [0.5, 0.6) is 0 Å². The van der Waals surface area contributed by atoms with Gasteiger partial charge in [0.05, 0.1) is 5.56 Å². The minimum Gasteiger partial charge on any atom is -0.458 e. The van der Waals surface area contributed by atoms with Crippen LogP contribution in [-0.4, -0.2) is 35.0 Å². The molecule has 0 aliphatic carbocycles. The Bertz CT molecular complexity index is 551. The van der Waals surface area contributed by atoms with E-state index < -0.39 is 11.6 Å². The van der Waals surface area contributed by atoms with Gasteiger partial charge in [0.25, 0.3) is 5.91 Å². The number of carbonyl (C=O) groups excluding carboxylic acids is 2. The van der Waals surface area contributed by atoms with Gasteiger partial charge in [-0.25, -0.2) is 4.79 Å². The highest BCUT2D eigenvalue weighted by Gasteiger charge is 2.37. The maximum Gasteiger partial charge on any atom is 0.329 e. The van der Waals surface area contributed by atoms with Crippen LogP contribution in [-0.2, 0) is 9.53 Å². The number of ether oxygens (including phenoxy) is 1. The highest BCUT2D eigenvalue weighted by Crippen LogP contribution is 2.25. The number of rotatable bonds is 2. The highest BCUT2D eigenvalue weighted by atomic mass is 32.1. The molecule has 0 N–H and O–H groups in total. The van der Waals surface area contributed by atoms with Gasteiger partial charge in [0.1, 0.15) is 11.6 Å². The summed E-state index contributed by atoms with van der Waals surface area (Å²) in [4.78, 5) is 27.1. The summed E-state index contributed by atoms with van der Waals surface area (Å²) in [6.45, 7) is 6.06. The van der Waals surface area contributed by atoms with Gasteiger partial charge in [-0.05, 0) is 45.7 Å². The summed E-state index contributed by atoms with van der Waals surface area (Å²) in [5, 5.41) is 0. The van der Waals surface area contributed by atoms with Crippen molar-refractivity contribution in [3.8, 4) is 0 Å². The van der Waals surface area contributed by atoms with Crippen molar-refractivity contribution in [3.63, 3.8) is 0 Å². The fourth-order valence-electron chi connectivity index (χ4n) is 2.43. The smallest absolute Gasteiger partial charge is 0.329 e. The van der Waals surface area contributed by atoms with E-state index in [0.717, 1.165) is 6.42 Å². The van der Waals surface area contributed by atoms with Crippen molar-refractivity contribution in [1.29, 1.82) is 0 Å². The number of thiol groups is 1. The Morgan fingerprint density at radius 2 is 1.95 bits per heavy atom. The van der Waals surface area contributed by atoms with Crippen molar-refractivity contribution in [2.45, 2.75) is 50.2 Å². The van der Waals surface area contributed by atoms with E-state index in [4.69, 9.17) is 4.74 Å². The average Bonchev–Trinajstić information content (AvgIpc) is 2.85. The van der Waals surface area contributed by atoms with Gasteiger partial charge in [0.15, 0.2) is 0 Å². The lowest BCUT2D eigenvalue weighted by Crippen LogP contribution is -2.43. The van der Waals surface area contributed by atoms with Crippen LogP contribution in [0.1, 0.15) is 44.0 Å². The molecule has 0 bridgehead atoms. The number of hydrogen-bond acceptors (Lipinski definition) is 4. The molecule has 1 aliphatic rings. The van der Waals surface area contributed by atoms with Crippen LogP contribution in [0.15, 0.2) is 29.2 Å². The zero-order valence-corrected chi connectivity index (χ0v) is 13.5. The Morgan fingerprint density at radius 1 is 1.29 bits per heavy atom. The second-order valence-electron chi connectivity index (χ2n) is 6.21. The Kier molecular flexibility index (Phi) is 4.61. The summed E-state index contributed by atoms with van der Waals surface area (Å²) >= 11 is 4.32. The molecule has 114 valence electrons. The zero-order valence-electron chi connectivity index (χ0n) is 12.6. The minimum absolute atomic E-state index is 0.158. The van der Waals surface area contributed by atoms with E-state index in [2.05, 4.69) is 12.6 Å². The predicted molar refractivity (Wildman–Crippen MR) is 83.6 cm³/mol. The quantitative estimate of drug-likeness (QED) is 0.675. The normalized spacial score (nSPS) is 18.7. The van der Waals surface area contributed by atoms with Crippen molar-refractivity contribution in [1.82, 2.24) is 4.90 Å². The molecule has 1 aromatic rings. The molecule has 0 unspecified atom stereocenters. The van der Waals surface area contributed by atoms with Crippen LogP contribution in [0, 0.1) is 0 Å². The molecule has 1 heterocycles. The molecule has 1 aromatic carbocycles. The lowest BCUT2D eigenvalue weighted by Gasteiger charge is -2.27. The molecule has 1 amide bonds. The zero-order chi connectivity index (χ0) is 15.6. The maximum atomic E-state index is 12.6. The van der Waals surface area contributed by atoms with Gasteiger partial charge in [0, 0.05) is 11.4 Å². The van der Waals surface area contributed by atoms with Crippen molar-refractivity contribution in [2.75, 3.05) is 6.54 Å². The standard InChI is InChI=1S/C16H21NO3S/c1-16(2,3)20-15(19)12-8-6-10-17(12)14(18)11-7-4-5-9-13(11)21/h4-5,7,9,12,21H,6,8,10H2,1-3H3/t12-/m0/s1. The molecule has 1 saturated heterocycles. The van der Waals surface area contributed by atoms with E-state index in [-0.39, 0.29) is 11.9 Å². The lowest BCUT2D eigenvalue weighted by atomic mass is 10.1. The summed E-state index contributed by atoms with van der Waals surface area (Å²) in [5.41, 5.74) is -0.0214. The summed E-state index contributed by atoms with van der Waals surface area (Å²) in [7, 11) is 0. The van der Waals surface area contributed by atoms with Crippen molar-refractivity contribution >= 4 is 24.5 Å². The molecule has 5 heteroatoms. The first kappa shape index (κ1) is 15.9. The molecule has 1 atom stereocenters. The first-order valence-corrected chi connectivity index (χ1v) is 7.56. The second kappa shape index (κ2) is 6.10. The van der Waals surface area contributed by atoms with E-state index in [1.165, 1.54) is 0 Å². The molecule has 1 fully saturated rings. The van der Waals surface area contributed by atoms with Gasteiger partial charge in [-0.15, -0.1) is 12.6 Å². The van der Waals surface area contributed by atoms with Crippen molar-refractivity contribution in [2.24, 2.45) is 0 Å². The molecule has 21 heavy (non-hydrogen) atoms. The fourth-order valence-corrected chi connectivity index (χ4v) is 2.69. The molecule has 0 radical (unpaired) electrons. The predicted octanol–water partition coefficient (Wildman–Crippen LogP) is 2.92. The molecular formula is C16H21NO3S. The summed E-state index contributed by atoms with van der Waals surface area (Å²) < 4.78 is 5.42. The summed E-state index contributed by atoms with van der Waals surface area (Å²) in [6.07, 6.45) is 1.46. The van der Waals surface area contributed by atoms with Crippen LogP contribution in [0.3, 0.4) is 0 Å². The summed E-state index contributed by atoms with van der Waals surface area (Å²) in [6, 6.07) is 6.63. The highest BCUT2D eigenvalue weighted by molar-refractivity contribution is 7.80. The number of amides is 1. The minimum atomic E-state index is -0.546. The molecule has 0 aromatic heterocycles.